The van der Waals surface area contributed by atoms with E-state index in [0.29, 0.717) is 44.8 Å². The summed E-state index contributed by atoms with van der Waals surface area (Å²) in [5.74, 6) is 0.313. The van der Waals surface area contributed by atoms with Crippen LogP contribution in [-0.4, -0.2) is 91.2 Å². The molecular weight excluding hydrogens is 322 g/mol. The number of rotatable bonds is 2. The van der Waals surface area contributed by atoms with Crippen molar-refractivity contribution in [1.82, 2.24) is 20.0 Å². The molecule has 4 rings (SSSR count). The van der Waals surface area contributed by atoms with E-state index < -0.39 is 5.79 Å². The van der Waals surface area contributed by atoms with E-state index >= 15 is 0 Å². The first-order chi connectivity index (χ1) is 12.2. The molecule has 0 bridgehead atoms. The van der Waals surface area contributed by atoms with Crippen molar-refractivity contribution >= 4 is 11.7 Å². The number of carbonyl (C=O) groups excluding carboxylic acids is 1. The molecule has 8 nitrogen and oxygen atoms in total. The van der Waals surface area contributed by atoms with Crippen molar-refractivity contribution in [2.24, 2.45) is 0 Å². The van der Waals surface area contributed by atoms with Gasteiger partial charge in [-0.05, 0) is 19.2 Å². The molecule has 1 amide bonds. The number of likely N-dealkylation sites (N-methyl/N-ethyl adjacent to an activating group) is 1. The normalized spacial score (nSPS) is 24.0. The first-order valence-electron chi connectivity index (χ1n) is 9.00. The number of anilines is 1. The molecule has 1 spiro atoms. The van der Waals surface area contributed by atoms with Gasteiger partial charge in [-0.2, -0.15) is 0 Å². The van der Waals surface area contributed by atoms with Crippen LogP contribution in [0.25, 0.3) is 0 Å². The Morgan fingerprint density at radius 3 is 2.28 bits per heavy atom. The van der Waals surface area contributed by atoms with Gasteiger partial charge in [-0.25, -0.2) is 0 Å². The Hall–Kier alpha value is -1.77. The van der Waals surface area contributed by atoms with Gasteiger partial charge in [0.25, 0.3) is 5.91 Å². The molecule has 0 unspecified atom stereocenters. The first-order valence-corrected chi connectivity index (χ1v) is 9.00. The van der Waals surface area contributed by atoms with Gasteiger partial charge in [-0.15, -0.1) is 10.2 Å². The number of likely N-dealkylation sites (tertiary alicyclic amines) is 1. The number of nitrogens with zero attached hydrogens (tertiary/aromatic N) is 5. The molecule has 0 radical (unpaired) electrons. The zero-order chi connectivity index (χ0) is 17.3. The smallest absolute Gasteiger partial charge is 0.274 e. The Morgan fingerprint density at radius 2 is 1.68 bits per heavy atom. The largest absolute Gasteiger partial charge is 0.353 e. The van der Waals surface area contributed by atoms with Crippen LogP contribution in [0.1, 0.15) is 23.3 Å². The van der Waals surface area contributed by atoms with Crippen molar-refractivity contribution in [2.45, 2.75) is 18.6 Å². The highest BCUT2D eigenvalue weighted by Gasteiger charge is 2.41. The highest BCUT2D eigenvalue weighted by atomic mass is 16.7. The molecule has 1 aromatic heterocycles. The van der Waals surface area contributed by atoms with Gasteiger partial charge in [-0.3, -0.25) is 4.79 Å². The first kappa shape index (κ1) is 16.7. The molecule has 0 aromatic carbocycles. The van der Waals surface area contributed by atoms with E-state index in [2.05, 4.69) is 27.0 Å². The topological polar surface area (TPSA) is 71.0 Å². The minimum absolute atomic E-state index is 0.0646. The van der Waals surface area contributed by atoms with Gasteiger partial charge in [-0.1, -0.05) is 0 Å². The van der Waals surface area contributed by atoms with Crippen LogP contribution in [-0.2, 0) is 9.47 Å². The maximum absolute atomic E-state index is 12.7. The predicted molar refractivity (Wildman–Crippen MR) is 91.5 cm³/mol. The van der Waals surface area contributed by atoms with Crippen LogP contribution in [0, 0.1) is 0 Å². The number of carbonyl (C=O) groups is 1. The average Bonchev–Trinajstić information content (AvgIpc) is 3.11. The second kappa shape index (κ2) is 6.86. The van der Waals surface area contributed by atoms with Gasteiger partial charge in [0, 0.05) is 52.1 Å². The highest BCUT2D eigenvalue weighted by Crippen LogP contribution is 2.31. The number of piperidine rings is 1. The summed E-state index contributed by atoms with van der Waals surface area (Å²) in [6.07, 6.45) is 1.43. The van der Waals surface area contributed by atoms with E-state index in [1.165, 1.54) is 0 Å². The standard InChI is InChI=1S/C17H25N5O3/c1-20-8-10-21(11-9-20)15-3-2-14(18-19-15)16(23)22-6-4-17(5-7-22)24-12-13-25-17/h2-3H,4-13H2,1H3. The fraction of sp³-hybridized carbons (Fsp3) is 0.706. The summed E-state index contributed by atoms with van der Waals surface area (Å²) < 4.78 is 11.4. The third-order valence-corrected chi connectivity index (χ3v) is 5.32. The fourth-order valence-corrected chi connectivity index (χ4v) is 3.64. The van der Waals surface area contributed by atoms with Crippen LogP contribution in [0.15, 0.2) is 12.1 Å². The molecule has 3 aliphatic rings. The Labute approximate surface area is 147 Å². The molecule has 8 heteroatoms. The SMILES string of the molecule is CN1CCN(c2ccc(C(=O)N3CCC4(CC3)OCCO4)nn2)CC1. The van der Waals surface area contributed by atoms with Crippen molar-refractivity contribution in [1.29, 1.82) is 0 Å². The number of ether oxygens (including phenoxy) is 2. The van der Waals surface area contributed by atoms with E-state index in [-0.39, 0.29) is 5.91 Å². The Kier molecular flexibility index (Phi) is 4.58. The molecule has 136 valence electrons. The summed E-state index contributed by atoms with van der Waals surface area (Å²) in [6.45, 7) is 6.45. The summed E-state index contributed by atoms with van der Waals surface area (Å²) >= 11 is 0. The van der Waals surface area contributed by atoms with Crippen molar-refractivity contribution < 1.29 is 14.3 Å². The Bertz CT molecular complexity index is 599. The van der Waals surface area contributed by atoms with E-state index in [0.717, 1.165) is 32.0 Å². The third-order valence-electron chi connectivity index (χ3n) is 5.32. The quantitative estimate of drug-likeness (QED) is 0.757. The van der Waals surface area contributed by atoms with Crippen molar-refractivity contribution in [3.05, 3.63) is 17.8 Å². The molecule has 25 heavy (non-hydrogen) atoms. The molecule has 1 aromatic rings. The summed E-state index contributed by atoms with van der Waals surface area (Å²) in [5, 5.41) is 8.45. The molecule has 0 atom stereocenters. The zero-order valence-corrected chi connectivity index (χ0v) is 14.7. The second-order valence-electron chi connectivity index (χ2n) is 6.97. The predicted octanol–water partition coefficient (Wildman–Crippen LogP) is 0.208. The lowest BCUT2D eigenvalue weighted by molar-refractivity contribution is -0.181. The molecule has 3 saturated heterocycles. The monoisotopic (exact) mass is 347 g/mol. The van der Waals surface area contributed by atoms with E-state index in [1.54, 1.807) is 6.07 Å². The van der Waals surface area contributed by atoms with Gasteiger partial charge < -0.3 is 24.2 Å². The lowest BCUT2D eigenvalue weighted by Crippen LogP contribution is -2.47. The van der Waals surface area contributed by atoms with Crippen LogP contribution >= 0.6 is 0 Å². The maximum atomic E-state index is 12.7. The highest BCUT2D eigenvalue weighted by molar-refractivity contribution is 5.92. The lowest BCUT2D eigenvalue weighted by Gasteiger charge is -2.37. The van der Waals surface area contributed by atoms with Gasteiger partial charge in [0.15, 0.2) is 17.3 Å². The molecule has 4 heterocycles. The van der Waals surface area contributed by atoms with Crippen LogP contribution in [0.2, 0.25) is 0 Å². The molecule has 0 saturated carbocycles. The molecule has 3 aliphatic heterocycles. The summed E-state index contributed by atoms with van der Waals surface area (Å²) in [5.41, 5.74) is 0.405. The number of aromatic nitrogens is 2. The van der Waals surface area contributed by atoms with Gasteiger partial charge in [0.1, 0.15) is 0 Å². The van der Waals surface area contributed by atoms with Crippen LogP contribution in [0.4, 0.5) is 5.82 Å². The van der Waals surface area contributed by atoms with Gasteiger partial charge in [0.05, 0.1) is 13.2 Å². The number of amides is 1. The zero-order valence-electron chi connectivity index (χ0n) is 14.7. The number of piperazine rings is 1. The molecule has 0 aliphatic carbocycles. The van der Waals surface area contributed by atoms with Gasteiger partial charge >= 0.3 is 0 Å². The molecule has 3 fully saturated rings. The number of hydrogen-bond donors (Lipinski definition) is 0. The van der Waals surface area contributed by atoms with E-state index in [9.17, 15) is 4.79 Å². The van der Waals surface area contributed by atoms with Crippen LogP contribution < -0.4 is 4.90 Å². The summed E-state index contributed by atoms with van der Waals surface area (Å²) in [6, 6.07) is 3.69. The van der Waals surface area contributed by atoms with Crippen LogP contribution in [0.3, 0.4) is 0 Å². The third kappa shape index (κ3) is 3.47. The Balaban J connectivity index is 1.36. The van der Waals surface area contributed by atoms with Gasteiger partial charge in [0.2, 0.25) is 0 Å². The maximum Gasteiger partial charge on any atom is 0.274 e. The minimum Gasteiger partial charge on any atom is -0.353 e. The van der Waals surface area contributed by atoms with Crippen molar-refractivity contribution in [3.63, 3.8) is 0 Å². The second-order valence-corrected chi connectivity index (χ2v) is 6.97. The summed E-state index contributed by atoms with van der Waals surface area (Å²) in [4.78, 5) is 19.0. The lowest BCUT2D eigenvalue weighted by atomic mass is 10.0. The van der Waals surface area contributed by atoms with Crippen molar-refractivity contribution in [2.75, 3.05) is 64.4 Å². The minimum atomic E-state index is -0.465. The van der Waals surface area contributed by atoms with Crippen molar-refractivity contribution in [3.8, 4) is 0 Å². The molecule has 0 N–H and O–H groups in total. The van der Waals surface area contributed by atoms with E-state index in [4.69, 9.17) is 9.47 Å². The fourth-order valence-electron chi connectivity index (χ4n) is 3.64. The Morgan fingerprint density at radius 1 is 1.00 bits per heavy atom. The number of hydrogen-bond acceptors (Lipinski definition) is 7. The molecular formula is C17H25N5O3. The average molecular weight is 347 g/mol. The van der Waals surface area contributed by atoms with E-state index in [1.807, 2.05) is 11.0 Å². The summed E-state index contributed by atoms with van der Waals surface area (Å²) in [7, 11) is 2.12. The van der Waals surface area contributed by atoms with Crippen LogP contribution in [0.5, 0.6) is 0 Å².